The predicted octanol–water partition coefficient (Wildman–Crippen LogP) is 4.08. The molecule has 2 aromatic rings. The van der Waals surface area contributed by atoms with E-state index in [2.05, 4.69) is 27.9 Å². The summed E-state index contributed by atoms with van der Waals surface area (Å²) < 4.78 is 19.6. The number of ether oxygens (including phenoxy) is 1. The van der Waals surface area contributed by atoms with E-state index >= 15 is 0 Å². The van der Waals surface area contributed by atoms with E-state index in [4.69, 9.17) is 4.74 Å². The van der Waals surface area contributed by atoms with Crippen molar-refractivity contribution in [1.82, 2.24) is 0 Å². The molecule has 0 bridgehead atoms. The number of benzene rings is 2. The Labute approximate surface area is 130 Å². The van der Waals surface area contributed by atoms with Gasteiger partial charge in [-0.15, -0.1) is 0 Å². The van der Waals surface area contributed by atoms with Crippen LogP contribution in [-0.4, -0.2) is 12.5 Å². The summed E-state index contributed by atoms with van der Waals surface area (Å²) in [5.74, 6) is -0.332. The third kappa shape index (κ3) is 3.69. The van der Waals surface area contributed by atoms with Crippen LogP contribution in [0.15, 0.2) is 42.5 Å². The lowest BCUT2D eigenvalue weighted by atomic mass is 10.2. The van der Waals surface area contributed by atoms with Crippen molar-refractivity contribution < 1.29 is 13.9 Å². The van der Waals surface area contributed by atoms with Gasteiger partial charge in [0.15, 0.2) is 0 Å². The van der Waals surface area contributed by atoms with E-state index in [0.717, 1.165) is 3.57 Å². The molecule has 0 aliphatic carbocycles. The predicted molar refractivity (Wildman–Crippen MR) is 84.7 cm³/mol. The Morgan fingerprint density at radius 2 is 1.95 bits per heavy atom. The average Bonchev–Trinajstić information content (AvgIpc) is 2.43. The summed E-state index contributed by atoms with van der Waals surface area (Å²) in [6.07, 6.45) is 0. The highest BCUT2D eigenvalue weighted by Gasteiger charge is 2.10. The van der Waals surface area contributed by atoms with E-state index in [1.54, 1.807) is 19.1 Å². The molecule has 3 nitrogen and oxygen atoms in total. The largest absolute Gasteiger partial charge is 0.492 e. The molecule has 1 amide bonds. The molecule has 104 valence electrons. The SMILES string of the molecule is CCOc1cc(F)ccc1NC(=O)c1ccc(I)cc1. The first-order chi connectivity index (χ1) is 9.60. The van der Waals surface area contributed by atoms with Gasteiger partial charge in [0.25, 0.3) is 5.91 Å². The minimum Gasteiger partial charge on any atom is -0.492 e. The molecule has 0 aliphatic heterocycles. The first-order valence-corrected chi connectivity index (χ1v) is 7.17. The number of hydrogen-bond donors (Lipinski definition) is 1. The van der Waals surface area contributed by atoms with Crippen molar-refractivity contribution in [2.45, 2.75) is 6.92 Å². The zero-order chi connectivity index (χ0) is 14.5. The standard InChI is InChI=1S/C15H13FINO2/c1-2-20-14-9-11(16)5-8-13(14)18-15(19)10-3-6-12(17)7-4-10/h3-9H,2H2,1H3,(H,18,19). The van der Waals surface area contributed by atoms with E-state index in [-0.39, 0.29) is 5.91 Å². The van der Waals surface area contributed by atoms with Gasteiger partial charge in [-0.25, -0.2) is 4.39 Å². The molecule has 0 aromatic heterocycles. The molecular formula is C15H13FINO2. The van der Waals surface area contributed by atoms with E-state index in [1.807, 2.05) is 12.1 Å². The van der Waals surface area contributed by atoms with Gasteiger partial charge in [0.2, 0.25) is 0 Å². The Balaban J connectivity index is 2.21. The number of rotatable bonds is 4. The monoisotopic (exact) mass is 385 g/mol. The molecule has 0 aliphatic rings. The maximum absolute atomic E-state index is 13.2. The van der Waals surface area contributed by atoms with E-state index in [1.165, 1.54) is 18.2 Å². The maximum Gasteiger partial charge on any atom is 0.255 e. The summed E-state index contributed by atoms with van der Waals surface area (Å²) in [4.78, 5) is 12.1. The minimum absolute atomic E-state index is 0.256. The molecule has 0 fully saturated rings. The third-order valence-electron chi connectivity index (χ3n) is 2.60. The van der Waals surface area contributed by atoms with E-state index < -0.39 is 5.82 Å². The Bertz CT molecular complexity index is 614. The highest BCUT2D eigenvalue weighted by atomic mass is 127. The molecule has 0 saturated carbocycles. The van der Waals surface area contributed by atoms with Gasteiger partial charge in [0, 0.05) is 15.2 Å². The van der Waals surface area contributed by atoms with E-state index in [0.29, 0.717) is 23.6 Å². The van der Waals surface area contributed by atoms with E-state index in [9.17, 15) is 9.18 Å². The molecule has 20 heavy (non-hydrogen) atoms. The molecule has 2 rings (SSSR count). The smallest absolute Gasteiger partial charge is 0.255 e. The highest BCUT2D eigenvalue weighted by Crippen LogP contribution is 2.26. The minimum atomic E-state index is -0.402. The van der Waals surface area contributed by atoms with Crippen LogP contribution in [0.5, 0.6) is 5.75 Å². The van der Waals surface area contributed by atoms with Crippen molar-refractivity contribution in [2.75, 3.05) is 11.9 Å². The molecule has 2 aromatic carbocycles. The molecule has 0 saturated heterocycles. The fraction of sp³-hybridized carbons (Fsp3) is 0.133. The van der Waals surface area contributed by atoms with Gasteiger partial charge in [0.1, 0.15) is 11.6 Å². The molecule has 0 spiro atoms. The van der Waals surface area contributed by atoms with Crippen molar-refractivity contribution >= 4 is 34.2 Å². The van der Waals surface area contributed by atoms with Gasteiger partial charge in [-0.05, 0) is 65.9 Å². The summed E-state index contributed by atoms with van der Waals surface area (Å²) in [5.41, 5.74) is 0.994. The first kappa shape index (κ1) is 14.8. The molecule has 1 N–H and O–H groups in total. The van der Waals surface area contributed by atoms with Crippen molar-refractivity contribution in [1.29, 1.82) is 0 Å². The summed E-state index contributed by atoms with van der Waals surface area (Å²) in [6.45, 7) is 2.20. The molecule has 0 unspecified atom stereocenters. The number of carbonyl (C=O) groups is 1. The fourth-order valence-electron chi connectivity index (χ4n) is 1.67. The second-order valence-corrected chi connectivity index (χ2v) is 5.28. The van der Waals surface area contributed by atoms with Crippen LogP contribution >= 0.6 is 22.6 Å². The lowest BCUT2D eigenvalue weighted by Gasteiger charge is -2.11. The normalized spacial score (nSPS) is 10.2. The van der Waals surface area contributed by atoms with Gasteiger partial charge in [-0.1, -0.05) is 0 Å². The number of anilines is 1. The number of amides is 1. The van der Waals surface area contributed by atoms with Crippen molar-refractivity contribution in [2.24, 2.45) is 0 Å². The summed E-state index contributed by atoms with van der Waals surface area (Å²) in [6, 6.07) is 11.2. The van der Waals surface area contributed by atoms with Gasteiger partial charge >= 0.3 is 0 Å². The summed E-state index contributed by atoms with van der Waals surface area (Å²) in [5, 5.41) is 2.73. The Morgan fingerprint density at radius 1 is 1.25 bits per heavy atom. The summed E-state index contributed by atoms with van der Waals surface area (Å²) in [7, 11) is 0. The van der Waals surface area contributed by atoms with Crippen LogP contribution in [-0.2, 0) is 0 Å². The molecule has 0 atom stereocenters. The number of nitrogens with one attached hydrogen (secondary N) is 1. The quantitative estimate of drug-likeness (QED) is 0.806. The topological polar surface area (TPSA) is 38.3 Å². The maximum atomic E-state index is 13.2. The van der Waals surface area contributed by atoms with Crippen LogP contribution in [0.1, 0.15) is 17.3 Å². The molecule has 5 heteroatoms. The first-order valence-electron chi connectivity index (χ1n) is 6.09. The van der Waals surface area contributed by atoms with Crippen LogP contribution in [0.3, 0.4) is 0 Å². The Kier molecular flexibility index (Phi) is 4.94. The van der Waals surface area contributed by atoms with Gasteiger partial charge < -0.3 is 10.1 Å². The second kappa shape index (κ2) is 6.69. The van der Waals surface area contributed by atoms with Crippen LogP contribution in [0, 0.1) is 9.39 Å². The van der Waals surface area contributed by atoms with Crippen LogP contribution in [0.25, 0.3) is 0 Å². The molecule has 0 radical (unpaired) electrons. The number of halogens is 2. The summed E-state index contributed by atoms with van der Waals surface area (Å²) >= 11 is 2.17. The molecular weight excluding hydrogens is 372 g/mol. The zero-order valence-electron chi connectivity index (χ0n) is 10.8. The number of carbonyl (C=O) groups excluding carboxylic acids is 1. The Morgan fingerprint density at radius 3 is 2.60 bits per heavy atom. The van der Waals surface area contributed by atoms with Gasteiger partial charge in [0.05, 0.1) is 12.3 Å². The third-order valence-corrected chi connectivity index (χ3v) is 3.32. The second-order valence-electron chi connectivity index (χ2n) is 4.03. The van der Waals surface area contributed by atoms with Crippen molar-refractivity contribution in [3.63, 3.8) is 0 Å². The molecule has 0 heterocycles. The average molecular weight is 385 g/mol. The fourth-order valence-corrected chi connectivity index (χ4v) is 2.03. The van der Waals surface area contributed by atoms with Gasteiger partial charge in [-0.2, -0.15) is 0 Å². The van der Waals surface area contributed by atoms with Crippen molar-refractivity contribution in [3.8, 4) is 5.75 Å². The van der Waals surface area contributed by atoms with Crippen LogP contribution in [0.4, 0.5) is 10.1 Å². The highest BCUT2D eigenvalue weighted by molar-refractivity contribution is 14.1. The Hall–Kier alpha value is -1.63. The van der Waals surface area contributed by atoms with Gasteiger partial charge in [-0.3, -0.25) is 4.79 Å². The van der Waals surface area contributed by atoms with Crippen molar-refractivity contribution in [3.05, 3.63) is 57.4 Å². The van der Waals surface area contributed by atoms with Crippen LogP contribution in [0.2, 0.25) is 0 Å². The zero-order valence-corrected chi connectivity index (χ0v) is 13.0. The van der Waals surface area contributed by atoms with Crippen LogP contribution < -0.4 is 10.1 Å². The lowest BCUT2D eigenvalue weighted by Crippen LogP contribution is -2.13. The number of hydrogen-bond acceptors (Lipinski definition) is 2. The lowest BCUT2D eigenvalue weighted by molar-refractivity contribution is 0.102.